The maximum absolute atomic E-state index is 14.3. The summed E-state index contributed by atoms with van der Waals surface area (Å²) in [6.07, 6.45) is 8.46. The molecule has 7 aliphatic rings. The van der Waals surface area contributed by atoms with Gasteiger partial charge in [-0.15, -0.1) is 0 Å². The number of hydrogen-bond donors (Lipinski definition) is 4. The van der Waals surface area contributed by atoms with E-state index in [1.54, 1.807) is 0 Å². The first-order chi connectivity index (χ1) is 26.0. The van der Waals surface area contributed by atoms with Crippen LogP contribution in [0.1, 0.15) is 52.0 Å². The fourth-order valence-corrected chi connectivity index (χ4v) is 8.70. The average molecular weight is 685 g/mol. The van der Waals surface area contributed by atoms with Gasteiger partial charge in [0.05, 0.1) is 51.5 Å². The second-order valence-corrected chi connectivity index (χ2v) is 14.3. The summed E-state index contributed by atoms with van der Waals surface area (Å²) in [7, 11) is 0. The third-order valence-corrected chi connectivity index (χ3v) is 10.8. The molecule has 0 saturated carbocycles. The number of carbonyl (C=O) groups is 1. The van der Waals surface area contributed by atoms with Gasteiger partial charge in [0.15, 0.2) is 0 Å². The zero-order valence-corrected chi connectivity index (χ0v) is 28.1. The molecular weight excluding hydrogens is 657 g/mol. The normalized spacial score (nSPS) is 18.2. The Balaban J connectivity index is 1.12. The van der Waals surface area contributed by atoms with Crippen LogP contribution in [-0.4, -0.2) is 45.7 Å². The fraction of sp³-hybridized carbons (Fsp3) is 0.0682. The second-order valence-electron chi connectivity index (χ2n) is 14.3. The Hall–Kier alpha value is -7.13. The molecule has 0 aromatic carbocycles. The first-order valence-corrected chi connectivity index (χ1v) is 17.8. The van der Waals surface area contributed by atoms with Gasteiger partial charge in [-0.3, -0.25) is 4.79 Å². The average Bonchev–Trinajstić information content (AvgIpc) is 3.98. The molecule has 0 radical (unpaired) electrons. The van der Waals surface area contributed by atoms with Crippen molar-refractivity contribution >= 4 is 96.5 Å². The van der Waals surface area contributed by atoms with E-state index in [4.69, 9.17) is 19.9 Å². The number of Topliss-reactive ketones (excluding diaryl/α,β-unsaturated/α-hetero) is 1. The summed E-state index contributed by atoms with van der Waals surface area (Å²) < 4.78 is 0. The lowest BCUT2D eigenvalue weighted by Crippen LogP contribution is -2.32. The summed E-state index contributed by atoms with van der Waals surface area (Å²) in [6, 6.07) is 33.0. The van der Waals surface area contributed by atoms with Gasteiger partial charge in [-0.2, -0.15) is 0 Å². The predicted molar refractivity (Wildman–Crippen MR) is 210 cm³/mol. The molecule has 9 nitrogen and oxygen atoms in total. The van der Waals surface area contributed by atoms with Crippen molar-refractivity contribution < 1.29 is 4.79 Å². The maximum atomic E-state index is 14.3. The van der Waals surface area contributed by atoms with Crippen LogP contribution in [0.5, 0.6) is 0 Å². The van der Waals surface area contributed by atoms with Crippen LogP contribution in [0.25, 0.3) is 90.7 Å². The van der Waals surface area contributed by atoms with E-state index >= 15 is 0 Å². The van der Waals surface area contributed by atoms with E-state index in [2.05, 4.69) is 98.8 Å². The van der Waals surface area contributed by atoms with Gasteiger partial charge in [-0.05, 0) is 144 Å². The number of rotatable bonds is 0. The number of nitrogens with one attached hydrogen (secondary N) is 4. The molecule has 18 bridgehead atoms. The lowest BCUT2D eigenvalue weighted by molar-refractivity contribution is -0.120. The molecule has 6 aromatic heterocycles. The molecule has 6 aromatic rings. The van der Waals surface area contributed by atoms with Crippen LogP contribution in [0.2, 0.25) is 0 Å². The highest BCUT2D eigenvalue weighted by atomic mass is 16.1. The van der Waals surface area contributed by atoms with Crippen LogP contribution >= 0.6 is 0 Å². The third kappa shape index (κ3) is 4.53. The van der Waals surface area contributed by atoms with Crippen LogP contribution in [-0.2, 0) is 4.79 Å². The summed E-state index contributed by atoms with van der Waals surface area (Å²) >= 11 is 0. The highest BCUT2D eigenvalue weighted by Crippen LogP contribution is 2.61. The van der Waals surface area contributed by atoms with Crippen molar-refractivity contribution in [1.29, 1.82) is 0 Å². The molecule has 0 spiro atoms. The topological polar surface area (TPSA) is 132 Å². The molecule has 53 heavy (non-hydrogen) atoms. The zero-order chi connectivity index (χ0) is 34.8. The molecule has 4 N–H and O–H groups in total. The summed E-state index contributed by atoms with van der Waals surface area (Å²) in [5, 5.41) is 0. The van der Waals surface area contributed by atoms with E-state index in [9.17, 15) is 4.79 Å². The number of H-pyrrole nitrogens is 4. The van der Waals surface area contributed by atoms with Crippen molar-refractivity contribution in [2.75, 3.05) is 0 Å². The maximum Gasteiger partial charge on any atom is 0.145 e. The highest BCUT2D eigenvalue weighted by Gasteiger charge is 2.51. The Morgan fingerprint density at radius 3 is 1.19 bits per heavy atom. The Kier molecular flexibility index (Phi) is 5.63. The molecule has 10 heterocycles. The Morgan fingerprint density at radius 2 is 0.736 bits per heavy atom. The van der Waals surface area contributed by atoms with Crippen LogP contribution in [0.4, 0.5) is 0 Å². The summed E-state index contributed by atoms with van der Waals surface area (Å²) in [6.45, 7) is 0. The van der Waals surface area contributed by atoms with Crippen molar-refractivity contribution in [1.82, 2.24) is 39.9 Å². The standard InChI is InChI=1S/C44H28N8O/c53-39-21-34-40-35-17-30-9-5-26(47-30)13-22-1-3-24(45-22)15-28-7-11-32(49-28)19-37(51-35)42(40)44(39)43-38-20-33-12-8-29(50-33)16-25-4-2-23(46-25)14-27-6-10-31(48-27)18-36(52-38)41(34)43/h1-20,34,44-47,50H,21H2. The molecular formula is C44H28N8O. The van der Waals surface area contributed by atoms with Gasteiger partial charge >= 0.3 is 0 Å². The van der Waals surface area contributed by atoms with E-state index < -0.39 is 5.92 Å². The van der Waals surface area contributed by atoms with Gasteiger partial charge in [0.1, 0.15) is 5.78 Å². The fourth-order valence-electron chi connectivity index (χ4n) is 8.70. The number of aromatic amines is 4. The van der Waals surface area contributed by atoms with E-state index in [1.807, 2.05) is 42.5 Å². The predicted octanol–water partition coefficient (Wildman–Crippen LogP) is 9.02. The van der Waals surface area contributed by atoms with Crippen LogP contribution in [0.15, 0.2) is 97.1 Å². The SMILES string of the molecule is O=C1CC2C3=C(c4cc5nc(cc6ccc(cc7ccc(cc3n4)[nH]7)[nH]6)C=C5)C1C1=C2c2cc3nc(cc4ccc(cc5ccc(cc1n2)[nH]5)[nH]4)C=C3. The van der Waals surface area contributed by atoms with Crippen molar-refractivity contribution in [3.63, 3.8) is 0 Å². The molecule has 4 aliphatic heterocycles. The number of nitrogens with zero attached hydrogens (tertiary/aromatic N) is 4. The van der Waals surface area contributed by atoms with Crippen molar-refractivity contribution in [3.8, 4) is 0 Å². The van der Waals surface area contributed by atoms with E-state index in [1.165, 1.54) is 0 Å². The lowest BCUT2D eigenvalue weighted by atomic mass is 9.62. The second kappa shape index (κ2) is 10.5. The number of carbonyl (C=O) groups excluding carboxylic acids is 1. The summed E-state index contributed by atoms with van der Waals surface area (Å²) in [5.74, 6) is -0.552. The zero-order valence-electron chi connectivity index (χ0n) is 28.1. The summed E-state index contributed by atoms with van der Waals surface area (Å²) in [4.78, 5) is 48.8. The Labute approximate surface area is 301 Å². The highest BCUT2D eigenvalue weighted by molar-refractivity contribution is 6.24. The van der Waals surface area contributed by atoms with Gasteiger partial charge < -0.3 is 19.9 Å². The molecule has 0 amide bonds. The van der Waals surface area contributed by atoms with E-state index in [0.717, 1.165) is 112 Å². The smallest absolute Gasteiger partial charge is 0.145 e. The Morgan fingerprint density at radius 1 is 0.396 bits per heavy atom. The molecule has 0 saturated heterocycles. The number of hydrogen-bond acceptors (Lipinski definition) is 5. The van der Waals surface area contributed by atoms with Gasteiger partial charge in [0, 0.05) is 56.5 Å². The van der Waals surface area contributed by atoms with Crippen LogP contribution in [0, 0.1) is 11.8 Å². The van der Waals surface area contributed by atoms with Crippen molar-refractivity contribution in [3.05, 3.63) is 143 Å². The molecule has 3 aliphatic carbocycles. The molecule has 250 valence electrons. The minimum absolute atomic E-state index is 0.184. The first-order valence-electron chi connectivity index (χ1n) is 17.8. The monoisotopic (exact) mass is 684 g/mol. The number of fused-ring (bicyclic) bond motifs is 17. The van der Waals surface area contributed by atoms with Crippen LogP contribution in [0.3, 0.4) is 0 Å². The number of ketones is 1. The quantitative estimate of drug-likeness (QED) is 0.127. The number of allylic oxidation sites excluding steroid dienone is 4. The summed E-state index contributed by atoms with van der Waals surface area (Å²) in [5.41, 5.74) is 18.4. The first kappa shape index (κ1) is 28.6. The molecule has 13 rings (SSSR count). The molecule has 2 atom stereocenters. The van der Waals surface area contributed by atoms with Gasteiger partial charge in [0.25, 0.3) is 0 Å². The van der Waals surface area contributed by atoms with Crippen molar-refractivity contribution in [2.45, 2.75) is 6.42 Å². The minimum Gasteiger partial charge on any atom is -0.355 e. The van der Waals surface area contributed by atoms with Gasteiger partial charge in [-0.25, -0.2) is 19.9 Å². The van der Waals surface area contributed by atoms with Gasteiger partial charge in [-0.1, -0.05) is 0 Å². The molecule has 2 unspecified atom stereocenters. The van der Waals surface area contributed by atoms with Crippen LogP contribution < -0.4 is 0 Å². The van der Waals surface area contributed by atoms with Gasteiger partial charge in [0.2, 0.25) is 0 Å². The third-order valence-electron chi connectivity index (χ3n) is 10.8. The molecule has 0 fully saturated rings. The van der Waals surface area contributed by atoms with E-state index in [0.29, 0.717) is 6.42 Å². The minimum atomic E-state index is -0.518. The number of aromatic nitrogens is 8. The lowest BCUT2D eigenvalue weighted by Gasteiger charge is -2.38. The Bertz CT molecular complexity index is 3140. The largest absolute Gasteiger partial charge is 0.355 e. The molecule has 9 heteroatoms. The van der Waals surface area contributed by atoms with Crippen molar-refractivity contribution in [2.24, 2.45) is 11.8 Å². The van der Waals surface area contributed by atoms with E-state index in [-0.39, 0.29) is 11.7 Å².